The molecule has 2 saturated heterocycles. The minimum atomic E-state index is -0.273. The standard InChI is InChI=1S/C20H24N8OS/c21-14-7-15(26-18(29)16-11-30-19(27-16)13-8-24-25-9-13)17(23-10-14)28-6-3-20(12-28)1-4-22-5-2-20/h7-11,22H,1-6,12,21H2,(H,24,25)(H,26,29). The lowest BCUT2D eigenvalue weighted by Crippen LogP contribution is -2.38. The predicted octanol–water partition coefficient (Wildman–Crippen LogP) is 2.34. The molecule has 10 heteroatoms. The number of hydrogen-bond donors (Lipinski definition) is 4. The number of rotatable bonds is 4. The Kier molecular flexibility index (Phi) is 4.87. The first-order valence-electron chi connectivity index (χ1n) is 10.1. The maximum absolute atomic E-state index is 12.9. The van der Waals surface area contributed by atoms with Gasteiger partial charge >= 0.3 is 0 Å². The molecule has 156 valence electrons. The molecule has 5 heterocycles. The van der Waals surface area contributed by atoms with Crippen LogP contribution >= 0.6 is 11.3 Å². The van der Waals surface area contributed by atoms with Crippen LogP contribution in [0.5, 0.6) is 0 Å². The molecule has 5 rings (SSSR count). The summed E-state index contributed by atoms with van der Waals surface area (Å²) in [4.78, 5) is 24.2. The van der Waals surface area contributed by atoms with Crippen LogP contribution in [0.15, 0.2) is 30.0 Å². The molecule has 0 saturated carbocycles. The zero-order chi connectivity index (χ0) is 20.6. The Labute approximate surface area is 178 Å². The van der Waals surface area contributed by atoms with Crippen molar-refractivity contribution in [3.63, 3.8) is 0 Å². The maximum Gasteiger partial charge on any atom is 0.275 e. The second kappa shape index (κ2) is 7.69. The molecule has 2 aliphatic rings. The summed E-state index contributed by atoms with van der Waals surface area (Å²) < 4.78 is 0. The van der Waals surface area contributed by atoms with Crippen LogP contribution in [0.25, 0.3) is 10.6 Å². The normalized spacial score (nSPS) is 18.1. The third kappa shape index (κ3) is 3.63. The van der Waals surface area contributed by atoms with Crippen LogP contribution < -0.4 is 21.3 Å². The highest BCUT2D eigenvalue weighted by Crippen LogP contribution is 2.41. The van der Waals surface area contributed by atoms with E-state index in [2.05, 4.69) is 35.7 Å². The van der Waals surface area contributed by atoms with E-state index >= 15 is 0 Å². The number of anilines is 3. The lowest BCUT2D eigenvalue weighted by atomic mass is 9.78. The number of hydrogen-bond acceptors (Lipinski definition) is 8. The number of thiazole rings is 1. The van der Waals surface area contributed by atoms with Crippen molar-refractivity contribution in [3.8, 4) is 10.6 Å². The molecular weight excluding hydrogens is 400 g/mol. The van der Waals surface area contributed by atoms with Crippen molar-refractivity contribution in [2.24, 2.45) is 5.41 Å². The number of nitrogens with zero attached hydrogens (tertiary/aromatic N) is 4. The van der Waals surface area contributed by atoms with Gasteiger partial charge in [0, 0.05) is 30.2 Å². The molecule has 0 radical (unpaired) electrons. The van der Waals surface area contributed by atoms with Crippen LogP contribution in [0.4, 0.5) is 17.2 Å². The van der Waals surface area contributed by atoms with Crippen molar-refractivity contribution in [1.29, 1.82) is 0 Å². The number of aromatic nitrogens is 4. The molecule has 5 N–H and O–H groups in total. The first-order valence-corrected chi connectivity index (χ1v) is 11.0. The number of nitrogens with two attached hydrogens (primary N) is 1. The number of carbonyl (C=O) groups is 1. The Morgan fingerprint density at radius 1 is 1.27 bits per heavy atom. The van der Waals surface area contributed by atoms with Crippen LogP contribution in [0.2, 0.25) is 0 Å². The Morgan fingerprint density at radius 3 is 2.93 bits per heavy atom. The number of pyridine rings is 1. The van der Waals surface area contributed by atoms with Gasteiger partial charge in [-0.25, -0.2) is 9.97 Å². The molecule has 2 aliphatic heterocycles. The van der Waals surface area contributed by atoms with E-state index in [4.69, 9.17) is 5.73 Å². The van der Waals surface area contributed by atoms with Crippen molar-refractivity contribution >= 4 is 34.4 Å². The largest absolute Gasteiger partial charge is 0.397 e. The first-order chi connectivity index (χ1) is 14.6. The minimum absolute atomic E-state index is 0.273. The highest BCUT2D eigenvalue weighted by molar-refractivity contribution is 7.13. The van der Waals surface area contributed by atoms with Crippen molar-refractivity contribution < 1.29 is 4.79 Å². The van der Waals surface area contributed by atoms with Crippen LogP contribution in [0, 0.1) is 5.41 Å². The summed E-state index contributed by atoms with van der Waals surface area (Å²) in [5.41, 5.74) is 8.68. The van der Waals surface area contributed by atoms with Crippen molar-refractivity contribution in [3.05, 3.63) is 35.7 Å². The van der Waals surface area contributed by atoms with Crippen LogP contribution in [0.3, 0.4) is 0 Å². The van der Waals surface area contributed by atoms with Gasteiger partial charge in [-0.15, -0.1) is 11.3 Å². The second-order valence-corrected chi connectivity index (χ2v) is 8.90. The molecule has 30 heavy (non-hydrogen) atoms. The molecule has 9 nitrogen and oxygen atoms in total. The van der Waals surface area contributed by atoms with Gasteiger partial charge in [-0.1, -0.05) is 0 Å². The number of nitrogens with one attached hydrogen (secondary N) is 3. The molecular formula is C20H24N8OS. The molecule has 3 aromatic heterocycles. The number of nitrogen functional groups attached to an aromatic ring is 1. The van der Waals surface area contributed by atoms with E-state index < -0.39 is 0 Å². The van der Waals surface area contributed by atoms with E-state index in [9.17, 15) is 4.79 Å². The van der Waals surface area contributed by atoms with Gasteiger partial charge < -0.3 is 21.3 Å². The molecule has 1 amide bonds. The van der Waals surface area contributed by atoms with Gasteiger partial charge in [0.25, 0.3) is 5.91 Å². The van der Waals surface area contributed by atoms with E-state index in [1.807, 2.05) is 0 Å². The zero-order valence-corrected chi connectivity index (χ0v) is 17.3. The molecule has 0 aliphatic carbocycles. The van der Waals surface area contributed by atoms with Gasteiger partial charge in [0.15, 0.2) is 5.82 Å². The molecule has 0 bridgehead atoms. The van der Waals surface area contributed by atoms with Crippen molar-refractivity contribution in [1.82, 2.24) is 25.5 Å². The highest BCUT2D eigenvalue weighted by Gasteiger charge is 2.40. The van der Waals surface area contributed by atoms with Gasteiger partial charge in [0.05, 0.1) is 23.8 Å². The predicted molar refractivity (Wildman–Crippen MR) is 118 cm³/mol. The fourth-order valence-electron chi connectivity index (χ4n) is 4.36. The lowest BCUT2D eigenvalue weighted by molar-refractivity contribution is 0.102. The average molecular weight is 425 g/mol. The molecule has 0 aromatic carbocycles. The fourth-order valence-corrected chi connectivity index (χ4v) is 5.15. The van der Waals surface area contributed by atoms with E-state index in [-0.39, 0.29) is 5.91 Å². The summed E-state index contributed by atoms with van der Waals surface area (Å²) in [6, 6.07) is 1.77. The van der Waals surface area contributed by atoms with E-state index in [0.717, 1.165) is 49.0 Å². The topological polar surface area (TPSA) is 125 Å². The number of amides is 1. The van der Waals surface area contributed by atoms with E-state index in [1.165, 1.54) is 24.2 Å². The maximum atomic E-state index is 12.9. The van der Waals surface area contributed by atoms with Gasteiger partial charge in [0.1, 0.15) is 10.7 Å². The lowest BCUT2D eigenvalue weighted by Gasteiger charge is -2.34. The molecule has 1 spiro atoms. The van der Waals surface area contributed by atoms with Gasteiger partial charge in [-0.2, -0.15) is 5.10 Å². The number of aromatic amines is 1. The Bertz CT molecular complexity index is 1040. The van der Waals surface area contributed by atoms with Gasteiger partial charge in [0.2, 0.25) is 0 Å². The van der Waals surface area contributed by atoms with Crippen LogP contribution in [-0.2, 0) is 0 Å². The molecule has 0 atom stereocenters. The summed E-state index contributed by atoms with van der Waals surface area (Å²) in [5, 5.41) is 15.6. The summed E-state index contributed by atoms with van der Waals surface area (Å²) in [7, 11) is 0. The number of carbonyl (C=O) groups excluding carboxylic acids is 1. The third-order valence-corrected chi connectivity index (χ3v) is 6.91. The summed E-state index contributed by atoms with van der Waals surface area (Å²) in [6.07, 6.45) is 8.59. The van der Waals surface area contributed by atoms with Gasteiger partial charge in [-0.05, 0) is 43.8 Å². The summed E-state index contributed by atoms with van der Waals surface area (Å²) >= 11 is 1.40. The second-order valence-electron chi connectivity index (χ2n) is 8.04. The number of piperidine rings is 1. The monoisotopic (exact) mass is 424 g/mol. The van der Waals surface area contributed by atoms with Crippen molar-refractivity contribution in [2.75, 3.05) is 42.1 Å². The highest BCUT2D eigenvalue weighted by atomic mass is 32.1. The third-order valence-electron chi connectivity index (χ3n) is 6.02. The zero-order valence-electron chi connectivity index (χ0n) is 16.5. The Hall–Kier alpha value is -2.98. The Balaban J connectivity index is 1.36. The molecule has 3 aromatic rings. The van der Waals surface area contributed by atoms with E-state index in [1.54, 1.807) is 30.0 Å². The number of H-pyrrole nitrogens is 1. The van der Waals surface area contributed by atoms with Crippen molar-refractivity contribution in [2.45, 2.75) is 19.3 Å². The molecule has 0 unspecified atom stereocenters. The van der Waals surface area contributed by atoms with E-state index in [0.29, 0.717) is 22.5 Å². The Morgan fingerprint density at radius 2 is 2.13 bits per heavy atom. The minimum Gasteiger partial charge on any atom is -0.397 e. The SMILES string of the molecule is Nc1cnc(N2CCC3(CCNCC3)C2)c(NC(=O)c2csc(-c3cn[nH]c3)n2)c1. The first kappa shape index (κ1) is 19.0. The average Bonchev–Trinajstić information content (AvgIpc) is 3.50. The smallest absolute Gasteiger partial charge is 0.275 e. The fraction of sp³-hybridized carbons (Fsp3) is 0.400. The summed E-state index contributed by atoms with van der Waals surface area (Å²) in [6.45, 7) is 4.02. The summed E-state index contributed by atoms with van der Waals surface area (Å²) in [5.74, 6) is 0.503. The van der Waals surface area contributed by atoms with Gasteiger partial charge in [-0.3, -0.25) is 9.89 Å². The quantitative estimate of drug-likeness (QED) is 0.507. The van der Waals surface area contributed by atoms with Crippen LogP contribution in [-0.4, -0.2) is 52.3 Å². The molecule has 2 fully saturated rings. The van der Waals surface area contributed by atoms with Crippen LogP contribution in [0.1, 0.15) is 29.8 Å².